The zero-order chi connectivity index (χ0) is 12.7. The third kappa shape index (κ3) is 4.07. The molecule has 0 aliphatic rings. The average molecular weight is 226 g/mol. The Bertz CT molecular complexity index is 395. The van der Waals surface area contributed by atoms with Crippen molar-refractivity contribution < 1.29 is 0 Å². The first-order valence-electron chi connectivity index (χ1n) is 6.20. The Morgan fingerprint density at radius 2 is 1.76 bits per heavy atom. The van der Waals surface area contributed by atoms with Gasteiger partial charge in [-0.15, -0.1) is 0 Å². The van der Waals surface area contributed by atoms with Crippen LogP contribution in [0, 0.1) is 5.92 Å². The summed E-state index contributed by atoms with van der Waals surface area (Å²) in [5, 5.41) is 0. The molecule has 0 aromatic heterocycles. The van der Waals surface area contributed by atoms with Gasteiger partial charge in [-0.3, -0.25) is 0 Å². The van der Waals surface area contributed by atoms with Crippen LogP contribution in [0.4, 0.5) is 0 Å². The molecule has 0 N–H and O–H groups in total. The van der Waals surface area contributed by atoms with Crippen molar-refractivity contribution in [2.45, 2.75) is 26.7 Å². The molecule has 0 nitrogen and oxygen atoms in total. The van der Waals surface area contributed by atoms with Crippen LogP contribution in [0.3, 0.4) is 0 Å². The molecule has 0 amide bonds. The fourth-order valence-electron chi connectivity index (χ4n) is 1.81. The molecule has 0 fully saturated rings. The van der Waals surface area contributed by atoms with E-state index >= 15 is 0 Å². The van der Waals surface area contributed by atoms with E-state index in [0.717, 1.165) is 0 Å². The first kappa shape index (κ1) is 13.5. The summed E-state index contributed by atoms with van der Waals surface area (Å²) in [6, 6.07) is 10.6. The monoisotopic (exact) mass is 226 g/mol. The maximum atomic E-state index is 4.15. The Morgan fingerprint density at radius 1 is 1.12 bits per heavy atom. The lowest BCUT2D eigenvalue weighted by atomic mass is 9.84. The van der Waals surface area contributed by atoms with E-state index in [0.29, 0.717) is 11.8 Å². The van der Waals surface area contributed by atoms with Crippen molar-refractivity contribution in [2.75, 3.05) is 0 Å². The topological polar surface area (TPSA) is 0 Å². The SMILES string of the molecule is C=C(C=CC=CC)C(C)C(C)c1ccccc1. The van der Waals surface area contributed by atoms with Crippen molar-refractivity contribution >= 4 is 0 Å². The van der Waals surface area contributed by atoms with Gasteiger partial charge in [0.2, 0.25) is 0 Å². The fourth-order valence-corrected chi connectivity index (χ4v) is 1.81. The average Bonchev–Trinajstić information content (AvgIpc) is 2.38. The summed E-state index contributed by atoms with van der Waals surface area (Å²) in [7, 11) is 0. The second kappa shape index (κ2) is 6.90. The zero-order valence-electron chi connectivity index (χ0n) is 11.1. The second-order valence-corrected chi connectivity index (χ2v) is 4.45. The van der Waals surface area contributed by atoms with Crippen molar-refractivity contribution in [3.8, 4) is 0 Å². The van der Waals surface area contributed by atoms with Gasteiger partial charge in [-0.2, -0.15) is 0 Å². The molecule has 0 aliphatic heterocycles. The summed E-state index contributed by atoms with van der Waals surface area (Å²) in [6.45, 7) is 10.7. The molecule has 0 bridgehead atoms. The van der Waals surface area contributed by atoms with Gasteiger partial charge in [0, 0.05) is 0 Å². The lowest BCUT2D eigenvalue weighted by Gasteiger charge is -2.20. The number of allylic oxidation sites excluding steroid dienone is 5. The van der Waals surface area contributed by atoms with E-state index in [1.807, 2.05) is 19.1 Å². The van der Waals surface area contributed by atoms with Crippen LogP contribution < -0.4 is 0 Å². The van der Waals surface area contributed by atoms with Crippen LogP contribution >= 0.6 is 0 Å². The van der Waals surface area contributed by atoms with Crippen LogP contribution in [0.15, 0.2) is 66.8 Å². The number of rotatable bonds is 5. The smallest absolute Gasteiger partial charge is 0.0124 e. The lowest BCUT2D eigenvalue weighted by molar-refractivity contribution is 0.572. The summed E-state index contributed by atoms with van der Waals surface area (Å²) in [5.74, 6) is 0.956. The van der Waals surface area contributed by atoms with E-state index in [9.17, 15) is 0 Å². The highest BCUT2D eigenvalue weighted by molar-refractivity contribution is 5.27. The van der Waals surface area contributed by atoms with Crippen LogP contribution in [0.25, 0.3) is 0 Å². The molecule has 2 atom stereocenters. The Hall–Kier alpha value is -1.56. The first-order valence-corrected chi connectivity index (χ1v) is 6.20. The van der Waals surface area contributed by atoms with Gasteiger partial charge in [0.25, 0.3) is 0 Å². The highest BCUT2D eigenvalue weighted by atomic mass is 14.2. The molecule has 0 spiro atoms. The maximum absolute atomic E-state index is 4.15. The Labute approximate surface area is 105 Å². The normalized spacial score (nSPS) is 15.2. The Morgan fingerprint density at radius 3 is 2.35 bits per heavy atom. The zero-order valence-corrected chi connectivity index (χ0v) is 11.1. The van der Waals surface area contributed by atoms with Crippen molar-refractivity contribution in [2.24, 2.45) is 5.92 Å². The summed E-state index contributed by atoms with van der Waals surface area (Å²) in [4.78, 5) is 0. The highest BCUT2D eigenvalue weighted by Crippen LogP contribution is 2.28. The first-order chi connectivity index (χ1) is 8.16. The number of benzene rings is 1. The molecule has 0 heteroatoms. The minimum absolute atomic E-state index is 0.457. The summed E-state index contributed by atoms with van der Waals surface area (Å²) < 4.78 is 0. The Balaban J connectivity index is 2.70. The molecule has 0 heterocycles. The van der Waals surface area contributed by atoms with Crippen LogP contribution in [0.1, 0.15) is 32.3 Å². The maximum Gasteiger partial charge on any atom is -0.0124 e. The Kier molecular flexibility index (Phi) is 5.48. The molecular formula is C17H22. The molecule has 0 saturated heterocycles. The fraction of sp³-hybridized carbons (Fsp3) is 0.294. The van der Waals surface area contributed by atoms with E-state index in [4.69, 9.17) is 0 Å². The molecule has 90 valence electrons. The van der Waals surface area contributed by atoms with Gasteiger partial charge < -0.3 is 0 Å². The third-order valence-electron chi connectivity index (χ3n) is 3.27. The number of hydrogen-bond acceptors (Lipinski definition) is 0. The molecule has 1 aromatic rings. The van der Waals surface area contributed by atoms with Gasteiger partial charge in [0.15, 0.2) is 0 Å². The molecular weight excluding hydrogens is 204 g/mol. The standard InChI is InChI=1S/C17H22/c1-5-6-8-11-14(2)15(3)16(4)17-12-9-7-10-13-17/h5-13,15-16H,2H2,1,3-4H3. The highest BCUT2D eigenvalue weighted by Gasteiger charge is 2.15. The molecule has 0 aliphatic carbocycles. The van der Waals surface area contributed by atoms with Crippen molar-refractivity contribution in [1.29, 1.82) is 0 Å². The lowest BCUT2D eigenvalue weighted by Crippen LogP contribution is -2.07. The molecule has 2 unspecified atom stereocenters. The van der Waals surface area contributed by atoms with Crippen LogP contribution in [0.5, 0.6) is 0 Å². The van der Waals surface area contributed by atoms with E-state index in [1.165, 1.54) is 11.1 Å². The van der Waals surface area contributed by atoms with Crippen LogP contribution in [-0.2, 0) is 0 Å². The minimum Gasteiger partial charge on any atom is -0.0955 e. The van der Waals surface area contributed by atoms with Gasteiger partial charge in [-0.1, -0.05) is 80.6 Å². The summed E-state index contributed by atoms with van der Waals surface area (Å²) >= 11 is 0. The van der Waals surface area contributed by atoms with Crippen molar-refractivity contribution in [3.05, 3.63) is 72.4 Å². The molecule has 17 heavy (non-hydrogen) atoms. The van der Waals surface area contributed by atoms with Crippen molar-refractivity contribution in [3.63, 3.8) is 0 Å². The van der Waals surface area contributed by atoms with E-state index in [2.05, 4.69) is 62.9 Å². The van der Waals surface area contributed by atoms with Gasteiger partial charge >= 0.3 is 0 Å². The van der Waals surface area contributed by atoms with Crippen molar-refractivity contribution in [1.82, 2.24) is 0 Å². The summed E-state index contributed by atoms with van der Waals surface area (Å²) in [5.41, 5.74) is 2.56. The van der Waals surface area contributed by atoms with Crippen LogP contribution in [0.2, 0.25) is 0 Å². The van der Waals surface area contributed by atoms with E-state index < -0.39 is 0 Å². The van der Waals surface area contributed by atoms with Gasteiger partial charge in [0.05, 0.1) is 0 Å². The quantitative estimate of drug-likeness (QED) is 0.612. The van der Waals surface area contributed by atoms with E-state index in [-0.39, 0.29) is 0 Å². The molecule has 0 saturated carbocycles. The largest absolute Gasteiger partial charge is 0.0955 e. The molecule has 1 rings (SSSR count). The van der Waals surface area contributed by atoms with Gasteiger partial charge in [0.1, 0.15) is 0 Å². The molecule has 0 radical (unpaired) electrons. The molecule has 1 aromatic carbocycles. The van der Waals surface area contributed by atoms with Gasteiger partial charge in [-0.05, 0) is 24.3 Å². The predicted molar refractivity (Wildman–Crippen MR) is 77.1 cm³/mol. The van der Waals surface area contributed by atoms with Gasteiger partial charge in [-0.25, -0.2) is 0 Å². The van der Waals surface area contributed by atoms with Crippen LogP contribution in [-0.4, -0.2) is 0 Å². The second-order valence-electron chi connectivity index (χ2n) is 4.45. The summed E-state index contributed by atoms with van der Waals surface area (Å²) in [6.07, 6.45) is 8.21. The minimum atomic E-state index is 0.457. The predicted octanol–water partition coefficient (Wildman–Crippen LogP) is 5.11. The van der Waals surface area contributed by atoms with E-state index in [1.54, 1.807) is 0 Å². The third-order valence-corrected chi connectivity index (χ3v) is 3.27. The number of hydrogen-bond donors (Lipinski definition) is 0.